The van der Waals surface area contributed by atoms with Gasteiger partial charge in [0.05, 0.1) is 24.1 Å². The Morgan fingerprint density at radius 3 is 2.66 bits per heavy atom. The first-order valence-corrected chi connectivity index (χ1v) is 12.9. The van der Waals surface area contributed by atoms with Crippen LogP contribution in [0.2, 0.25) is 0 Å². The Bertz CT molecular complexity index is 1330. The van der Waals surface area contributed by atoms with Crippen molar-refractivity contribution in [3.63, 3.8) is 0 Å². The monoisotopic (exact) mass is 527 g/mol. The molecule has 1 saturated carbocycles. The quantitative estimate of drug-likeness (QED) is 0.404. The molecule has 0 bridgehead atoms. The van der Waals surface area contributed by atoms with Crippen LogP contribution in [0.1, 0.15) is 64.6 Å². The van der Waals surface area contributed by atoms with E-state index in [1.807, 2.05) is 36.9 Å². The van der Waals surface area contributed by atoms with Gasteiger partial charge in [0.15, 0.2) is 0 Å². The molecule has 1 aliphatic carbocycles. The number of aromatic nitrogens is 3. The maximum absolute atomic E-state index is 14.1. The van der Waals surface area contributed by atoms with Crippen LogP contribution in [0, 0.1) is 5.92 Å². The molecule has 7 nitrogen and oxygen atoms in total. The molecule has 1 aliphatic heterocycles. The number of hydrogen-bond donors (Lipinski definition) is 1. The number of anilines is 1. The van der Waals surface area contributed by atoms with E-state index in [1.54, 1.807) is 18.5 Å². The van der Waals surface area contributed by atoms with E-state index in [9.17, 15) is 18.0 Å². The number of ether oxygens (including phenoxy) is 1. The number of aryl methyl sites for hydroxylation is 1. The number of alkyl halides is 3. The molecule has 2 aromatic carbocycles. The van der Waals surface area contributed by atoms with Crippen LogP contribution < -0.4 is 10.2 Å². The molecule has 0 spiro atoms. The average molecular weight is 528 g/mol. The number of nitrogens with zero attached hydrogens (tertiary/aromatic N) is 4. The molecule has 0 saturated heterocycles. The molecule has 1 fully saturated rings. The van der Waals surface area contributed by atoms with Gasteiger partial charge in [0.2, 0.25) is 0 Å². The van der Waals surface area contributed by atoms with E-state index in [-0.39, 0.29) is 29.7 Å². The first-order valence-electron chi connectivity index (χ1n) is 12.9. The van der Waals surface area contributed by atoms with Crippen molar-refractivity contribution in [1.82, 2.24) is 20.1 Å². The highest BCUT2D eigenvalue weighted by molar-refractivity contribution is 6.10. The predicted octanol–water partition coefficient (Wildman–Crippen LogP) is 4.84. The number of carbonyl (C=O) groups excluding carboxylic acids is 1. The highest BCUT2D eigenvalue weighted by atomic mass is 19.4. The van der Waals surface area contributed by atoms with Gasteiger partial charge in [0.1, 0.15) is 12.2 Å². The zero-order valence-electron chi connectivity index (χ0n) is 21.8. The van der Waals surface area contributed by atoms with Crippen LogP contribution in [0.5, 0.6) is 0 Å². The second-order valence-corrected chi connectivity index (χ2v) is 10.5. The minimum absolute atomic E-state index is 0.00659. The van der Waals surface area contributed by atoms with Gasteiger partial charge in [-0.1, -0.05) is 19.1 Å². The van der Waals surface area contributed by atoms with Crippen LogP contribution in [0.3, 0.4) is 0 Å². The highest BCUT2D eigenvalue weighted by Crippen LogP contribution is 2.52. The molecule has 2 aliphatic rings. The predicted molar refractivity (Wildman–Crippen MR) is 137 cm³/mol. The summed E-state index contributed by atoms with van der Waals surface area (Å²) >= 11 is 0. The lowest BCUT2D eigenvalue weighted by atomic mass is 9.58. The lowest BCUT2D eigenvalue weighted by Gasteiger charge is -2.46. The molecule has 1 amide bonds. The maximum Gasteiger partial charge on any atom is 0.416 e. The average Bonchev–Trinajstić information content (AvgIpc) is 3.44. The van der Waals surface area contributed by atoms with Crippen LogP contribution in [-0.4, -0.2) is 40.9 Å². The number of fused-ring (bicyclic) bond motifs is 1. The molecular weight excluding hydrogens is 495 g/mol. The van der Waals surface area contributed by atoms with E-state index in [4.69, 9.17) is 4.74 Å². The summed E-state index contributed by atoms with van der Waals surface area (Å²) in [4.78, 5) is 14.9. The summed E-state index contributed by atoms with van der Waals surface area (Å²) in [6.07, 6.45) is -0.405. The fraction of sp³-hybridized carbons (Fsp3) is 0.464. The van der Waals surface area contributed by atoms with Crippen LogP contribution in [0.4, 0.5) is 18.9 Å². The second-order valence-electron chi connectivity index (χ2n) is 10.5. The smallest absolute Gasteiger partial charge is 0.377 e. The molecule has 0 unspecified atom stereocenters. The first-order chi connectivity index (χ1) is 18.1. The number of rotatable bonds is 9. The van der Waals surface area contributed by atoms with E-state index < -0.39 is 17.6 Å². The van der Waals surface area contributed by atoms with Gasteiger partial charge in [0.25, 0.3) is 5.91 Å². The van der Waals surface area contributed by atoms with E-state index in [0.717, 1.165) is 43.3 Å². The molecule has 1 aromatic heterocycles. The summed E-state index contributed by atoms with van der Waals surface area (Å²) in [7, 11) is 3.73. The fourth-order valence-electron chi connectivity index (χ4n) is 5.92. The molecule has 38 heavy (non-hydrogen) atoms. The minimum atomic E-state index is -4.58. The molecule has 5 rings (SSSR count). The normalized spacial score (nSPS) is 21.1. The Morgan fingerprint density at radius 2 is 2.00 bits per heavy atom. The maximum atomic E-state index is 14.1. The molecule has 202 valence electrons. The summed E-state index contributed by atoms with van der Waals surface area (Å²) < 4.78 is 49.7. The molecule has 3 aromatic rings. The van der Waals surface area contributed by atoms with Gasteiger partial charge in [0, 0.05) is 24.9 Å². The van der Waals surface area contributed by atoms with Gasteiger partial charge in [-0.15, -0.1) is 10.2 Å². The lowest BCUT2D eigenvalue weighted by molar-refractivity contribution is -0.138. The van der Waals surface area contributed by atoms with Crippen LogP contribution >= 0.6 is 0 Å². The molecule has 1 N–H and O–H groups in total. The Kier molecular flexibility index (Phi) is 7.04. The van der Waals surface area contributed by atoms with Gasteiger partial charge >= 0.3 is 6.18 Å². The number of halogens is 3. The summed E-state index contributed by atoms with van der Waals surface area (Å²) in [6, 6.07) is 10.2. The highest BCUT2D eigenvalue weighted by Gasteiger charge is 2.48. The zero-order chi connectivity index (χ0) is 27.1. The van der Waals surface area contributed by atoms with Gasteiger partial charge in [-0.05, 0) is 79.7 Å². The molecule has 0 radical (unpaired) electrons. The van der Waals surface area contributed by atoms with Gasteiger partial charge < -0.3 is 19.5 Å². The first kappa shape index (κ1) is 26.4. The molecule has 10 heteroatoms. The third kappa shape index (κ3) is 4.71. The summed E-state index contributed by atoms with van der Waals surface area (Å²) in [5.41, 5.74) is 0.868. The van der Waals surface area contributed by atoms with E-state index in [1.165, 1.54) is 4.90 Å². The van der Waals surface area contributed by atoms with Crippen molar-refractivity contribution >= 4 is 11.6 Å². The number of benzene rings is 2. The largest absolute Gasteiger partial charge is 0.416 e. The standard InChI is InChI=1S/C28H32F3N5O2/c1-18-13-27(14-18,26-34-33-17-35(26)3)20-6-4-7-21(12-20)36-15-23-22(25(36)37)10-19(11-24(23)28(29,30)31)16-38-9-5-8-32-2/h4,6-7,10-12,17-18,32H,5,8-9,13-16H2,1-3H3. The topological polar surface area (TPSA) is 72.3 Å². The van der Waals surface area contributed by atoms with Crippen molar-refractivity contribution in [1.29, 1.82) is 0 Å². The Hall–Kier alpha value is -3.24. The van der Waals surface area contributed by atoms with Crippen molar-refractivity contribution in [2.24, 2.45) is 13.0 Å². The number of amides is 1. The Morgan fingerprint density at radius 1 is 1.21 bits per heavy atom. The third-order valence-electron chi connectivity index (χ3n) is 7.63. The minimum Gasteiger partial charge on any atom is -0.377 e. The van der Waals surface area contributed by atoms with Crippen molar-refractivity contribution in [3.05, 3.63) is 76.4 Å². The molecule has 0 atom stereocenters. The van der Waals surface area contributed by atoms with E-state index in [2.05, 4.69) is 22.4 Å². The number of carbonyl (C=O) groups is 1. The van der Waals surface area contributed by atoms with Gasteiger partial charge in [-0.3, -0.25) is 4.79 Å². The lowest BCUT2D eigenvalue weighted by Crippen LogP contribution is -2.43. The Balaban J connectivity index is 1.46. The van der Waals surface area contributed by atoms with Crippen molar-refractivity contribution in [2.45, 2.75) is 50.9 Å². The van der Waals surface area contributed by atoms with Gasteiger partial charge in [-0.25, -0.2) is 0 Å². The van der Waals surface area contributed by atoms with Crippen molar-refractivity contribution < 1.29 is 22.7 Å². The van der Waals surface area contributed by atoms with Crippen LogP contribution in [0.25, 0.3) is 0 Å². The summed E-state index contributed by atoms with van der Waals surface area (Å²) in [5, 5.41) is 11.4. The second kappa shape index (κ2) is 10.1. The van der Waals surface area contributed by atoms with E-state index in [0.29, 0.717) is 23.8 Å². The summed E-state index contributed by atoms with van der Waals surface area (Å²) in [6.45, 7) is 3.23. The van der Waals surface area contributed by atoms with Crippen LogP contribution in [-0.2, 0) is 36.5 Å². The van der Waals surface area contributed by atoms with Crippen molar-refractivity contribution in [2.75, 3.05) is 25.1 Å². The zero-order valence-corrected chi connectivity index (χ0v) is 21.8. The van der Waals surface area contributed by atoms with Crippen LogP contribution in [0.15, 0.2) is 42.7 Å². The third-order valence-corrected chi connectivity index (χ3v) is 7.63. The fourth-order valence-corrected chi connectivity index (χ4v) is 5.92. The van der Waals surface area contributed by atoms with E-state index >= 15 is 0 Å². The molecular formula is C28H32F3N5O2. The summed E-state index contributed by atoms with van der Waals surface area (Å²) in [5.74, 6) is 0.915. The SMILES string of the molecule is CNCCCOCc1cc2c(c(C(F)(F)F)c1)CN(c1cccc(C3(c4nncn4C)CC(C)C3)c1)C2=O. The number of hydrogen-bond acceptors (Lipinski definition) is 5. The van der Waals surface area contributed by atoms with Crippen molar-refractivity contribution in [3.8, 4) is 0 Å². The molecule has 2 heterocycles. The Labute approximate surface area is 220 Å². The number of nitrogens with one attached hydrogen (secondary N) is 1. The van der Waals surface area contributed by atoms with Gasteiger partial charge in [-0.2, -0.15) is 13.2 Å².